The molecule has 0 aliphatic heterocycles. The van der Waals surface area contributed by atoms with Crippen molar-refractivity contribution in [3.05, 3.63) is 29.7 Å². The first-order valence-corrected chi connectivity index (χ1v) is 7.17. The zero-order valence-electron chi connectivity index (χ0n) is 12.1. The van der Waals surface area contributed by atoms with Crippen LogP contribution >= 0.6 is 0 Å². The third-order valence-corrected chi connectivity index (χ3v) is 3.78. The smallest absolute Gasteiger partial charge is 0.280 e. The molecule has 112 valence electrons. The van der Waals surface area contributed by atoms with Gasteiger partial charge in [0.1, 0.15) is 5.76 Å². The van der Waals surface area contributed by atoms with E-state index in [1.165, 1.54) is 0 Å². The number of ether oxygens (including phenoxy) is 1. The van der Waals surface area contributed by atoms with Gasteiger partial charge in [0.25, 0.3) is 5.89 Å². The van der Waals surface area contributed by atoms with E-state index in [0.717, 1.165) is 42.6 Å². The predicted molar refractivity (Wildman–Crippen MR) is 76.2 cm³/mol. The normalized spacial score (nSPS) is 13.9. The highest BCUT2D eigenvalue weighted by atomic mass is 16.5. The summed E-state index contributed by atoms with van der Waals surface area (Å²) in [7, 11) is 1.57. The van der Waals surface area contributed by atoms with E-state index in [9.17, 15) is 0 Å². The first-order valence-electron chi connectivity index (χ1n) is 7.17. The summed E-state index contributed by atoms with van der Waals surface area (Å²) in [6.45, 7) is 0. The summed E-state index contributed by atoms with van der Waals surface area (Å²) in [5, 5.41) is 8.09. The molecule has 0 bridgehead atoms. The fourth-order valence-electron chi connectivity index (χ4n) is 2.62. The van der Waals surface area contributed by atoms with Gasteiger partial charge in [0.15, 0.2) is 5.69 Å². The molecule has 0 saturated heterocycles. The van der Waals surface area contributed by atoms with Crippen LogP contribution in [0.3, 0.4) is 0 Å². The Morgan fingerprint density at radius 3 is 2.82 bits per heavy atom. The zero-order chi connectivity index (χ0) is 14.9. The molecule has 0 unspecified atom stereocenters. The fraction of sp³-hybridized carbons (Fsp3) is 0.333. The second-order valence-electron chi connectivity index (χ2n) is 5.15. The van der Waals surface area contributed by atoms with Crippen LogP contribution in [0, 0.1) is 0 Å². The first-order chi connectivity index (χ1) is 10.8. The maximum atomic E-state index is 5.38. The number of hydrogen-bond acceptors (Lipinski definition) is 7. The molecule has 0 radical (unpaired) electrons. The molecule has 1 aliphatic carbocycles. The quantitative estimate of drug-likeness (QED) is 0.734. The summed E-state index contributed by atoms with van der Waals surface area (Å²) < 4.78 is 15.8. The minimum atomic E-state index is 0.387. The monoisotopic (exact) mass is 298 g/mol. The second-order valence-corrected chi connectivity index (χ2v) is 5.15. The van der Waals surface area contributed by atoms with Crippen molar-refractivity contribution in [3.8, 4) is 28.9 Å². The van der Waals surface area contributed by atoms with E-state index in [-0.39, 0.29) is 0 Å². The Hall–Kier alpha value is -2.70. The molecular formula is C15H14N4O3. The molecule has 7 heteroatoms. The van der Waals surface area contributed by atoms with Crippen molar-refractivity contribution in [2.45, 2.75) is 25.7 Å². The SMILES string of the molecule is COc1ccc(-c2noc(-c3noc4c3CCCC4)n2)cn1. The lowest BCUT2D eigenvalue weighted by atomic mass is 9.96. The summed E-state index contributed by atoms with van der Waals surface area (Å²) in [5.41, 5.74) is 2.51. The maximum Gasteiger partial charge on any atom is 0.280 e. The standard InChI is InChI=1S/C15H14N4O3/c1-20-12-7-6-9(8-16-12)14-17-15(22-19-14)13-10-4-2-3-5-11(10)21-18-13/h6-8H,2-5H2,1H3. The van der Waals surface area contributed by atoms with E-state index in [4.69, 9.17) is 13.8 Å². The van der Waals surface area contributed by atoms with Gasteiger partial charge in [0, 0.05) is 29.8 Å². The average molecular weight is 298 g/mol. The van der Waals surface area contributed by atoms with Gasteiger partial charge in [0.05, 0.1) is 7.11 Å². The molecule has 3 aromatic heterocycles. The van der Waals surface area contributed by atoms with Crippen LogP contribution in [0.4, 0.5) is 0 Å². The number of aryl methyl sites for hydroxylation is 1. The van der Waals surface area contributed by atoms with Crippen LogP contribution in [-0.4, -0.2) is 27.4 Å². The lowest BCUT2D eigenvalue weighted by molar-refractivity contribution is 0.369. The number of nitrogens with zero attached hydrogens (tertiary/aromatic N) is 4. The molecule has 0 aromatic carbocycles. The van der Waals surface area contributed by atoms with Gasteiger partial charge < -0.3 is 13.8 Å². The number of pyridine rings is 1. The lowest BCUT2D eigenvalue weighted by Gasteiger charge is -2.07. The molecule has 7 nitrogen and oxygen atoms in total. The Bertz CT molecular complexity index is 791. The van der Waals surface area contributed by atoms with E-state index in [0.29, 0.717) is 23.3 Å². The van der Waals surface area contributed by atoms with E-state index in [2.05, 4.69) is 20.3 Å². The van der Waals surface area contributed by atoms with Crippen LogP contribution in [-0.2, 0) is 12.8 Å². The molecule has 0 atom stereocenters. The summed E-state index contributed by atoms with van der Waals surface area (Å²) in [5.74, 6) is 2.33. The van der Waals surface area contributed by atoms with Crippen molar-refractivity contribution in [2.75, 3.05) is 7.11 Å². The minimum Gasteiger partial charge on any atom is -0.481 e. The highest BCUT2D eigenvalue weighted by molar-refractivity contribution is 5.59. The molecule has 22 heavy (non-hydrogen) atoms. The molecule has 4 rings (SSSR count). The molecular weight excluding hydrogens is 284 g/mol. The van der Waals surface area contributed by atoms with Crippen molar-refractivity contribution >= 4 is 0 Å². The average Bonchev–Trinajstić information content (AvgIpc) is 3.21. The van der Waals surface area contributed by atoms with Gasteiger partial charge in [-0.2, -0.15) is 4.98 Å². The van der Waals surface area contributed by atoms with Crippen molar-refractivity contribution < 1.29 is 13.8 Å². The van der Waals surface area contributed by atoms with Gasteiger partial charge >= 0.3 is 0 Å². The molecule has 0 fully saturated rings. The van der Waals surface area contributed by atoms with Gasteiger partial charge in [0.2, 0.25) is 11.7 Å². The number of methoxy groups -OCH3 is 1. The predicted octanol–water partition coefficient (Wildman–Crippen LogP) is 2.67. The maximum absolute atomic E-state index is 5.38. The third-order valence-electron chi connectivity index (χ3n) is 3.78. The van der Waals surface area contributed by atoms with Gasteiger partial charge in [-0.3, -0.25) is 0 Å². The van der Waals surface area contributed by atoms with E-state index in [1.54, 1.807) is 19.4 Å². The van der Waals surface area contributed by atoms with E-state index < -0.39 is 0 Å². The highest BCUT2D eigenvalue weighted by Crippen LogP contribution is 2.31. The minimum absolute atomic E-state index is 0.387. The van der Waals surface area contributed by atoms with Gasteiger partial charge in [-0.05, 0) is 25.3 Å². The number of fused-ring (bicyclic) bond motifs is 1. The highest BCUT2D eigenvalue weighted by Gasteiger charge is 2.24. The number of rotatable bonds is 3. The Morgan fingerprint density at radius 2 is 2.00 bits per heavy atom. The van der Waals surface area contributed by atoms with Crippen molar-refractivity contribution in [2.24, 2.45) is 0 Å². The van der Waals surface area contributed by atoms with E-state index in [1.807, 2.05) is 6.07 Å². The molecule has 3 heterocycles. The van der Waals surface area contributed by atoms with Crippen LogP contribution in [0.1, 0.15) is 24.2 Å². The molecule has 1 aliphatic rings. The topological polar surface area (TPSA) is 87.1 Å². The van der Waals surface area contributed by atoms with Crippen LogP contribution in [0.25, 0.3) is 23.0 Å². The Balaban J connectivity index is 1.67. The Morgan fingerprint density at radius 1 is 1.09 bits per heavy atom. The fourth-order valence-corrected chi connectivity index (χ4v) is 2.62. The summed E-state index contributed by atoms with van der Waals surface area (Å²) in [6, 6.07) is 3.59. The molecule has 0 spiro atoms. The number of hydrogen-bond donors (Lipinski definition) is 0. The number of aromatic nitrogens is 4. The van der Waals surface area contributed by atoms with Gasteiger partial charge in [-0.15, -0.1) is 0 Å². The molecule has 0 saturated carbocycles. The van der Waals surface area contributed by atoms with Crippen LogP contribution in [0.5, 0.6) is 5.88 Å². The van der Waals surface area contributed by atoms with Gasteiger partial charge in [-0.25, -0.2) is 4.98 Å². The lowest BCUT2D eigenvalue weighted by Crippen LogP contribution is -2.00. The second kappa shape index (κ2) is 5.25. The molecule has 0 amide bonds. The summed E-state index contributed by atoms with van der Waals surface area (Å²) in [4.78, 5) is 8.54. The summed E-state index contributed by atoms with van der Waals surface area (Å²) in [6.07, 6.45) is 5.77. The van der Waals surface area contributed by atoms with Gasteiger partial charge in [-0.1, -0.05) is 10.3 Å². The Labute approximate surface area is 126 Å². The van der Waals surface area contributed by atoms with Crippen LogP contribution in [0.15, 0.2) is 27.4 Å². The van der Waals surface area contributed by atoms with Crippen molar-refractivity contribution in [1.29, 1.82) is 0 Å². The Kier molecular flexibility index (Phi) is 3.10. The molecule has 0 N–H and O–H groups in total. The summed E-state index contributed by atoms with van der Waals surface area (Å²) >= 11 is 0. The van der Waals surface area contributed by atoms with Crippen molar-refractivity contribution in [3.63, 3.8) is 0 Å². The first kappa shape index (κ1) is 13.0. The van der Waals surface area contributed by atoms with Crippen LogP contribution in [0.2, 0.25) is 0 Å². The molecule has 3 aromatic rings. The largest absolute Gasteiger partial charge is 0.481 e. The third kappa shape index (κ3) is 2.14. The van der Waals surface area contributed by atoms with Crippen LogP contribution < -0.4 is 4.74 Å². The zero-order valence-corrected chi connectivity index (χ0v) is 12.1. The van der Waals surface area contributed by atoms with E-state index >= 15 is 0 Å². The van der Waals surface area contributed by atoms with Crippen molar-refractivity contribution in [1.82, 2.24) is 20.3 Å².